The number of ether oxygens (including phenoxy) is 2. The minimum absolute atomic E-state index is 0.108. The van der Waals surface area contributed by atoms with Gasteiger partial charge >= 0.3 is 5.69 Å². The Morgan fingerprint density at radius 2 is 1.90 bits per heavy atom. The smallest absolute Gasteiger partial charge is 0.364 e. The Hall–Kier alpha value is -3.68. The van der Waals surface area contributed by atoms with E-state index in [-0.39, 0.29) is 5.69 Å². The third-order valence-electron chi connectivity index (χ3n) is 4.86. The summed E-state index contributed by atoms with van der Waals surface area (Å²) in [5.74, 6) is 1.49. The molecule has 2 aromatic heterocycles. The highest BCUT2D eigenvalue weighted by Crippen LogP contribution is 2.28. The number of benzene rings is 2. The lowest BCUT2D eigenvalue weighted by Gasteiger charge is -2.17. The van der Waals surface area contributed by atoms with Crippen molar-refractivity contribution in [3.63, 3.8) is 0 Å². The van der Waals surface area contributed by atoms with Gasteiger partial charge in [-0.1, -0.05) is 18.2 Å². The van der Waals surface area contributed by atoms with E-state index in [2.05, 4.69) is 10.3 Å². The maximum atomic E-state index is 12.0. The highest BCUT2D eigenvalue weighted by Gasteiger charge is 2.13. The van der Waals surface area contributed by atoms with Crippen LogP contribution in [-0.4, -0.2) is 31.5 Å². The Bertz CT molecular complexity index is 1210. The van der Waals surface area contributed by atoms with Crippen LogP contribution in [0, 0.1) is 6.92 Å². The van der Waals surface area contributed by atoms with Crippen molar-refractivity contribution in [2.45, 2.75) is 13.5 Å². The van der Waals surface area contributed by atoms with Gasteiger partial charge in [0.25, 0.3) is 0 Å². The maximum Gasteiger partial charge on any atom is 0.364 e. The van der Waals surface area contributed by atoms with Gasteiger partial charge in [-0.3, -0.25) is 0 Å². The van der Waals surface area contributed by atoms with Crippen molar-refractivity contribution in [1.82, 2.24) is 24.4 Å². The Morgan fingerprint density at radius 1 is 1.10 bits per heavy atom. The summed E-state index contributed by atoms with van der Waals surface area (Å²) in [7, 11) is 5.15. The molecule has 2 aromatic carbocycles. The minimum Gasteiger partial charge on any atom is -0.489 e. The molecule has 0 saturated heterocycles. The molecule has 0 bridgehead atoms. The largest absolute Gasteiger partial charge is 0.489 e. The van der Waals surface area contributed by atoms with Gasteiger partial charge in [-0.25, -0.2) is 19.4 Å². The summed E-state index contributed by atoms with van der Waals surface area (Å²) < 4.78 is 16.0. The lowest BCUT2D eigenvalue weighted by atomic mass is 10.1. The van der Waals surface area contributed by atoms with E-state index in [1.54, 1.807) is 18.8 Å². The van der Waals surface area contributed by atoms with E-state index in [9.17, 15) is 4.79 Å². The number of methoxy groups -OCH3 is 1. The molecule has 0 aliphatic heterocycles. The van der Waals surface area contributed by atoms with E-state index in [1.807, 2.05) is 62.5 Å². The van der Waals surface area contributed by atoms with E-state index in [0.717, 1.165) is 33.8 Å². The van der Waals surface area contributed by atoms with Crippen molar-refractivity contribution in [3.8, 4) is 28.6 Å². The zero-order valence-electron chi connectivity index (χ0n) is 16.8. The third-order valence-corrected chi connectivity index (χ3v) is 4.86. The van der Waals surface area contributed by atoms with Crippen LogP contribution in [0.25, 0.3) is 16.9 Å². The van der Waals surface area contributed by atoms with Crippen LogP contribution in [0.1, 0.15) is 11.1 Å². The summed E-state index contributed by atoms with van der Waals surface area (Å²) in [6.07, 6.45) is 0. The fourth-order valence-corrected chi connectivity index (χ4v) is 3.26. The molecule has 0 atom stereocenters. The summed E-state index contributed by atoms with van der Waals surface area (Å²) in [5.41, 5.74) is 4.43. The first-order chi connectivity index (χ1) is 14.0. The van der Waals surface area contributed by atoms with Crippen molar-refractivity contribution in [2.24, 2.45) is 14.1 Å². The van der Waals surface area contributed by atoms with E-state index in [0.29, 0.717) is 12.5 Å². The standard InChI is InChI=1S/C21H23N5O3/c1-14-11-15(17-12-20(28-4)24(2)22-17)9-10-19(14)29-13-16-7-5-6-8-18(16)26-21(27)25(3)23-26/h5-12,23H,13H2,1-4H3. The Labute approximate surface area is 167 Å². The summed E-state index contributed by atoms with van der Waals surface area (Å²) in [6, 6.07) is 15.5. The monoisotopic (exact) mass is 393 g/mol. The molecule has 4 rings (SSSR count). The average molecular weight is 393 g/mol. The highest BCUT2D eigenvalue weighted by molar-refractivity contribution is 5.63. The highest BCUT2D eigenvalue weighted by atomic mass is 16.5. The number of hydrogen-bond acceptors (Lipinski definition) is 4. The van der Waals surface area contributed by atoms with Gasteiger partial charge in [-0.2, -0.15) is 9.78 Å². The van der Waals surface area contributed by atoms with Gasteiger partial charge in [0.1, 0.15) is 12.4 Å². The molecule has 0 radical (unpaired) electrons. The number of hydrogen-bond donors (Lipinski definition) is 1. The van der Waals surface area contributed by atoms with E-state index < -0.39 is 0 Å². The predicted molar refractivity (Wildman–Crippen MR) is 110 cm³/mol. The van der Waals surface area contributed by atoms with Crippen molar-refractivity contribution < 1.29 is 9.47 Å². The van der Waals surface area contributed by atoms with Crippen molar-refractivity contribution >= 4 is 0 Å². The van der Waals surface area contributed by atoms with Crippen LogP contribution in [0.2, 0.25) is 0 Å². The second-order valence-electron chi connectivity index (χ2n) is 6.87. The number of aromatic amines is 1. The number of nitrogens with one attached hydrogen (secondary N) is 1. The SMILES string of the molecule is COc1cc(-c2ccc(OCc3ccccc3-n3[nH]n(C)c3=O)c(C)c2)nn1C. The van der Waals surface area contributed by atoms with Crippen LogP contribution in [0.15, 0.2) is 53.3 Å². The first-order valence-corrected chi connectivity index (χ1v) is 9.22. The quantitative estimate of drug-likeness (QED) is 0.546. The number of rotatable bonds is 6. The lowest BCUT2D eigenvalue weighted by Crippen LogP contribution is -2.40. The fraction of sp³-hybridized carbons (Fsp3) is 0.238. The van der Waals surface area contributed by atoms with Gasteiger partial charge in [0.2, 0.25) is 5.88 Å². The molecule has 0 saturated carbocycles. The second-order valence-corrected chi connectivity index (χ2v) is 6.87. The topological polar surface area (TPSA) is 79.0 Å². The number of para-hydroxylation sites is 1. The number of H-pyrrole nitrogens is 1. The van der Waals surface area contributed by atoms with Crippen LogP contribution in [0.5, 0.6) is 11.6 Å². The van der Waals surface area contributed by atoms with Gasteiger partial charge in [-0.15, -0.1) is 0 Å². The molecule has 150 valence electrons. The normalized spacial score (nSPS) is 11.0. The summed E-state index contributed by atoms with van der Waals surface area (Å²) in [6.45, 7) is 2.35. The molecule has 8 heteroatoms. The zero-order valence-corrected chi connectivity index (χ0v) is 16.8. The first-order valence-electron chi connectivity index (χ1n) is 9.22. The molecule has 1 N–H and O–H groups in total. The number of aryl methyl sites for hydroxylation is 3. The van der Waals surface area contributed by atoms with Crippen LogP contribution in [0.3, 0.4) is 0 Å². The van der Waals surface area contributed by atoms with E-state index in [1.165, 1.54) is 9.36 Å². The third kappa shape index (κ3) is 3.44. The van der Waals surface area contributed by atoms with Gasteiger partial charge in [0.15, 0.2) is 0 Å². The van der Waals surface area contributed by atoms with Gasteiger partial charge in [0.05, 0.1) is 18.5 Å². The molecule has 0 aliphatic carbocycles. The first kappa shape index (κ1) is 18.7. The van der Waals surface area contributed by atoms with Crippen LogP contribution >= 0.6 is 0 Å². The summed E-state index contributed by atoms with van der Waals surface area (Å²) >= 11 is 0. The minimum atomic E-state index is -0.108. The number of aromatic nitrogens is 5. The molecule has 29 heavy (non-hydrogen) atoms. The van der Waals surface area contributed by atoms with Gasteiger partial charge in [0, 0.05) is 31.3 Å². The Balaban J connectivity index is 1.54. The average Bonchev–Trinajstić information content (AvgIpc) is 3.12. The molecular weight excluding hydrogens is 370 g/mol. The second kappa shape index (κ2) is 7.38. The lowest BCUT2D eigenvalue weighted by molar-refractivity contribution is 0.302. The van der Waals surface area contributed by atoms with Crippen molar-refractivity contribution in [3.05, 3.63) is 70.1 Å². The molecule has 0 fully saturated rings. The van der Waals surface area contributed by atoms with Crippen LogP contribution < -0.4 is 15.2 Å². The molecule has 0 aliphatic rings. The Morgan fingerprint density at radius 3 is 2.55 bits per heavy atom. The van der Waals surface area contributed by atoms with E-state index >= 15 is 0 Å². The molecular formula is C21H23N5O3. The molecule has 0 unspecified atom stereocenters. The van der Waals surface area contributed by atoms with Crippen molar-refractivity contribution in [2.75, 3.05) is 7.11 Å². The summed E-state index contributed by atoms with van der Waals surface area (Å²) in [4.78, 5) is 12.0. The zero-order chi connectivity index (χ0) is 20.5. The fourth-order valence-electron chi connectivity index (χ4n) is 3.26. The van der Waals surface area contributed by atoms with Gasteiger partial charge in [-0.05, 0) is 36.8 Å². The maximum absolute atomic E-state index is 12.0. The molecule has 8 nitrogen and oxygen atoms in total. The van der Waals surface area contributed by atoms with Crippen molar-refractivity contribution in [1.29, 1.82) is 0 Å². The number of nitrogens with zero attached hydrogens (tertiary/aromatic N) is 4. The molecule has 4 aromatic rings. The summed E-state index contributed by atoms with van der Waals surface area (Å²) in [5, 5.41) is 7.42. The van der Waals surface area contributed by atoms with Crippen LogP contribution in [-0.2, 0) is 20.7 Å². The van der Waals surface area contributed by atoms with Gasteiger partial charge < -0.3 is 9.47 Å². The van der Waals surface area contributed by atoms with E-state index in [4.69, 9.17) is 9.47 Å². The molecule has 2 heterocycles. The molecule has 0 amide bonds. The molecule has 0 spiro atoms. The predicted octanol–water partition coefficient (Wildman–Crippen LogP) is 2.80. The van der Waals surface area contributed by atoms with Crippen LogP contribution in [0.4, 0.5) is 0 Å². The Kier molecular flexibility index (Phi) is 4.75.